The lowest BCUT2D eigenvalue weighted by atomic mass is 10.0. The first kappa shape index (κ1) is 19.3. The Labute approximate surface area is 185 Å². The van der Waals surface area contributed by atoms with Crippen LogP contribution in [0.2, 0.25) is 5.02 Å². The Morgan fingerprint density at radius 1 is 0.871 bits per heavy atom. The molecule has 0 aliphatic rings. The van der Waals surface area contributed by atoms with E-state index in [1.165, 1.54) is 0 Å². The summed E-state index contributed by atoms with van der Waals surface area (Å²) in [6, 6.07) is 24.5. The van der Waals surface area contributed by atoms with E-state index in [2.05, 4.69) is 51.3 Å². The summed E-state index contributed by atoms with van der Waals surface area (Å²) in [7, 11) is 0. The first-order valence-electron chi connectivity index (χ1n) is 10.1. The van der Waals surface area contributed by atoms with Crippen LogP contribution in [0.4, 0.5) is 11.5 Å². The highest BCUT2D eigenvalue weighted by Gasteiger charge is 2.19. The van der Waals surface area contributed by atoms with E-state index in [0.29, 0.717) is 0 Å². The van der Waals surface area contributed by atoms with E-state index in [9.17, 15) is 0 Å². The lowest BCUT2D eigenvalue weighted by Gasteiger charge is -2.26. The van der Waals surface area contributed by atoms with Crippen LogP contribution >= 0.6 is 11.6 Å². The van der Waals surface area contributed by atoms with Crippen molar-refractivity contribution in [3.05, 3.63) is 96.5 Å². The predicted octanol–water partition coefficient (Wildman–Crippen LogP) is 6.29. The Morgan fingerprint density at radius 2 is 1.61 bits per heavy atom. The van der Waals surface area contributed by atoms with Gasteiger partial charge in [-0.05, 0) is 30.7 Å². The molecule has 0 bridgehead atoms. The van der Waals surface area contributed by atoms with Crippen molar-refractivity contribution in [2.75, 3.05) is 11.4 Å². The van der Waals surface area contributed by atoms with Gasteiger partial charge in [-0.25, -0.2) is 4.98 Å². The number of hydrogen-bond acceptors (Lipinski definition) is 4. The number of benzene rings is 3. The molecule has 152 valence electrons. The SMILES string of the molecule is CCN(c1ccccc1-c1ccc(Cl)cc1)c1nnc(-n2ccnc2)c2ccccc12. The molecule has 6 heteroatoms. The third-order valence-corrected chi connectivity index (χ3v) is 5.57. The van der Waals surface area contributed by atoms with Gasteiger partial charge in [0.05, 0.1) is 5.69 Å². The minimum Gasteiger partial charge on any atom is -0.324 e. The van der Waals surface area contributed by atoms with Crippen LogP contribution in [0.1, 0.15) is 6.92 Å². The number of anilines is 2. The quantitative estimate of drug-likeness (QED) is 0.332. The summed E-state index contributed by atoms with van der Waals surface area (Å²) in [4.78, 5) is 6.36. The molecule has 0 N–H and O–H groups in total. The number of imidazole rings is 1. The van der Waals surface area contributed by atoms with Crippen LogP contribution in [0, 0.1) is 0 Å². The van der Waals surface area contributed by atoms with E-state index in [-0.39, 0.29) is 0 Å². The van der Waals surface area contributed by atoms with Crippen LogP contribution in [0.5, 0.6) is 0 Å². The molecule has 0 saturated heterocycles. The summed E-state index contributed by atoms with van der Waals surface area (Å²) in [6.07, 6.45) is 5.36. The lowest BCUT2D eigenvalue weighted by Crippen LogP contribution is -2.19. The number of halogens is 1. The monoisotopic (exact) mass is 425 g/mol. The highest BCUT2D eigenvalue weighted by molar-refractivity contribution is 6.30. The molecule has 5 aromatic rings. The van der Waals surface area contributed by atoms with Gasteiger partial charge in [0.15, 0.2) is 11.6 Å². The zero-order valence-electron chi connectivity index (χ0n) is 17.0. The van der Waals surface area contributed by atoms with Crippen molar-refractivity contribution in [2.45, 2.75) is 6.92 Å². The zero-order chi connectivity index (χ0) is 21.2. The van der Waals surface area contributed by atoms with Gasteiger partial charge in [0, 0.05) is 40.3 Å². The standard InChI is InChI=1S/C25H20ClN5/c1-2-31(23-10-6-5-7-20(23)18-11-13-19(26)14-12-18)25-22-9-4-3-8-21(22)24(28-29-25)30-16-15-27-17-30/h3-17H,2H2,1H3. The van der Waals surface area contributed by atoms with Crippen molar-refractivity contribution in [1.82, 2.24) is 19.7 Å². The molecule has 0 aliphatic carbocycles. The summed E-state index contributed by atoms with van der Waals surface area (Å²) in [6.45, 7) is 2.87. The molecule has 0 atom stereocenters. The molecule has 0 fully saturated rings. The van der Waals surface area contributed by atoms with E-state index in [0.717, 1.165) is 50.8 Å². The van der Waals surface area contributed by atoms with Crippen molar-refractivity contribution in [3.8, 4) is 16.9 Å². The highest BCUT2D eigenvalue weighted by Crippen LogP contribution is 2.37. The van der Waals surface area contributed by atoms with Gasteiger partial charge in [-0.1, -0.05) is 66.2 Å². The van der Waals surface area contributed by atoms with Gasteiger partial charge < -0.3 is 4.90 Å². The van der Waals surface area contributed by atoms with E-state index < -0.39 is 0 Å². The molecular weight excluding hydrogens is 406 g/mol. The Hall–Kier alpha value is -3.70. The van der Waals surface area contributed by atoms with Crippen molar-refractivity contribution in [3.63, 3.8) is 0 Å². The van der Waals surface area contributed by atoms with E-state index in [1.807, 2.05) is 59.3 Å². The van der Waals surface area contributed by atoms with Crippen LogP contribution in [0.25, 0.3) is 27.7 Å². The molecule has 0 saturated carbocycles. The minimum atomic E-state index is 0.723. The second-order valence-corrected chi connectivity index (χ2v) is 7.57. The van der Waals surface area contributed by atoms with Crippen molar-refractivity contribution in [1.29, 1.82) is 0 Å². The van der Waals surface area contributed by atoms with Gasteiger partial charge >= 0.3 is 0 Å². The molecule has 5 rings (SSSR count). The van der Waals surface area contributed by atoms with Crippen molar-refractivity contribution in [2.24, 2.45) is 0 Å². The van der Waals surface area contributed by atoms with E-state index in [1.54, 1.807) is 12.5 Å². The van der Waals surface area contributed by atoms with Gasteiger partial charge in [0.25, 0.3) is 0 Å². The third-order valence-electron chi connectivity index (χ3n) is 5.32. The minimum absolute atomic E-state index is 0.723. The molecule has 0 spiro atoms. The third kappa shape index (κ3) is 3.53. The molecule has 31 heavy (non-hydrogen) atoms. The number of nitrogens with zero attached hydrogens (tertiary/aromatic N) is 5. The normalized spacial score (nSPS) is 11.0. The summed E-state index contributed by atoms with van der Waals surface area (Å²) >= 11 is 6.11. The van der Waals surface area contributed by atoms with Gasteiger partial charge in [-0.15, -0.1) is 10.2 Å². The second-order valence-electron chi connectivity index (χ2n) is 7.13. The fraction of sp³-hybridized carbons (Fsp3) is 0.0800. The maximum absolute atomic E-state index is 6.11. The van der Waals surface area contributed by atoms with Crippen molar-refractivity contribution >= 4 is 33.9 Å². The summed E-state index contributed by atoms with van der Waals surface area (Å²) < 4.78 is 1.89. The average molecular weight is 426 g/mol. The molecule has 0 aliphatic heterocycles. The fourth-order valence-electron chi connectivity index (χ4n) is 3.87. The van der Waals surface area contributed by atoms with E-state index >= 15 is 0 Å². The Balaban J connectivity index is 1.69. The first-order chi connectivity index (χ1) is 15.3. The first-order valence-corrected chi connectivity index (χ1v) is 10.5. The topological polar surface area (TPSA) is 46.8 Å². The molecule has 5 nitrogen and oxygen atoms in total. The summed E-state index contributed by atoms with van der Waals surface area (Å²) in [5.74, 6) is 1.59. The molecule has 0 unspecified atom stereocenters. The fourth-order valence-corrected chi connectivity index (χ4v) is 3.99. The van der Waals surface area contributed by atoms with Crippen LogP contribution in [-0.4, -0.2) is 26.3 Å². The number of rotatable bonds is 5. The Bertz CT molecular complexity index is 1330. The number of aromatic nitrogens is 4. The largest absolute Gasteiger partial charge is 0.324 e. The zero-order valence-corrected chi connectivity index (χ0v) is 17.7. The van der Waals surface area contributed by atoms with Crippen molar-refractivity contribution < 1.29 is 0 Å². The summed E-state index contributed by atoms with van der Waals surface area (Å²) in [5, 5.41) is 12.0. The van der Waals surface area contributed by atoms with Gasteiger partial charge in [0.1, 0.15) is 6.33 Å². The lowest BCUT2D eigenvalue weighted by molar-refractivity contribution is 0.898. The van der Waals surface area contributed by atoms with Crippen LogP contribution in [-0.2, 0) is 0 Å². The van der Waals surface area contributed by atoms with Crippen LogP contribution < -0.4 is 4.90 Å². The molecule has 0 amide bonds. The van der Waals surface area contributed by atoms with Gasteiger partial charge in [0.2, 0.25) is 0 Å². The molecule has 2 aromatic heterocycles. The number of hydrogen-bond donors (Lipinski definition) is 0. The van der Waals surface area contributed by atoms with Gasteiger partial charge in [-0.3, -0.25) is 4.57 Å². The Kier molecular flexibility index (Phi) is 5.10. The highest BCUT2D eigenvalue weighted by atomic mass is 35.5. The maximum atomic E-state index is 6.11. The van der Waals surface area contributed by atoms with Crippen LogP contribution in [0.15, 0.2) is 91.5 Å². The number of para-hydroxylation sites is 1. The molecule has 3 aromatic carbocycles. The van der Waals surface area contributed by atoms with Gasteiger partial charge in [-0.2, -0.15) is 0 Å². The second kappa shape index (κ2) is 8.20. The average Bonchev–Trinajstić information content (AvgIpc) is 3.35. The van der Waals surface area contributed by atoms with Crippen LogP contribution in [0.3, 0.4) is 0 Å². The van der Waals surface area contributed by atoms with E-state index in [4.69, 9.17) is 11.6 Å². The summed E-state index contributed by atoms with van der Waals surface area (Å²) in [5.41, 5.74) is 3.29. The molecule has 2 heterocycles. The Morgan fingerprint density at radius 3 is 2.35 bits per heavy atom. The predicted molar refractivity (Wildman–Crippen MR) is 126 cm³/mol. The maximum Gasteiger partial charge on any atom is 0.168 e. The molecular formula is C25H20ClN5. The number of fused-ring (bicyclic) bond motifs is 1. The smallest absolute Gasteiger partial charge is 0.168 e. The molecule has 0 radical (unpaired) electrons.